The molecule has 0 fully saturated rings. The smallest absolute Gasteiger partial charge is 0.275 e. The molecule has 2 aromatic carbocycles. The van der Waals surface area contributed by atoms with Gasteiger partial charge < -0.3 is 10.2 Å². The number of aliphatic hydroxyl groups excluding tert-OH is 1. The molecule has 0 saturated carbocycles. The van der Waals surface area contributed by atoms with Crippen LogP contribution in [0.15, 0.2) is 52.8 Å². The van der Waals surface area contributed by atoms with Crippen molar-refractivity contribution in [2.75, 3.05) is 6.54 Å². The summed E-state index contributed by atoms with van der Waals surface area (Å²) in [5, 5.41) is 32.9. The second-order valence-corrected chi connectivity index (χ2v) is 9.62. The summed E-state index contributed by atoms with van der Waals surface area (Å²) in [5.74, 6) is -0.283. The molecule has 0 amide bonds. The highest BCUT2D eigenvalue weighted by Crippen LogP contribution is 2.39. The van der Waals surface area contributed by atoms with E-state index in [-0.39, 0.29) is 34.5 Å². The van der Waals surface area contributed by atoms with E-state index in [9.17, 15) is 25.1 Å². The van der Waals surface area contributed by atoms with Gasteiger partial charge in [-0.15, -0.1) is 11.3 Å². The van der Waals surface area contributed by atoms with Gasteiger partial charge in [-0.05, 0) is 29.5 Å². The molecule has 3 rings (SSSR count). The molecule has 0 radical (unpaired) electrons. The molecule has 0 atom stereocenters. The summed E-state index contributed by atoms with van der Waals surface area (Å²) in [6, 6.07) is 12.0. The molecule has 0 aliphatic carbocycles. The Morgan fingerprint density at radius 2 is 1.82 bits per heavy atom. The van der Waals surface area contributed by atoms with Gasteiger partial charge >= 0.3 is 0 Å². The molecule has 0 saturated heterocycles. The van der Waals surface area contributed by atoms with Crippen LogP contribution in [0.25, 0.3) is 10.4 Å². The van der Waals surface area contributed by atoms with Crippen molar-refractivity contribution in [2.24, 2.45) is 4.99 Å². The quantitative estimate of drug-likeness (QED) is 0.206. The number of Topliss-reactive ketones (excluding diaryl/α,β-unsaturated/α-hetero) is 1. The number of aliphatic imine (C=N–C) groups is 1. The minimum Gasteiger partial charge on any atom is -0.506 e. The molecule has 0 bridgehead atoms. The summed E-state index contributed by atoms with van der Waals surface area (Å²) in [6.07, 6.45) is 0. The summed E-state index contributed by atoms with van der Waals surface area (Å²) >= 11 is 1.40. The molecule has 0 aliphatic heterocycles. The monoisotopic (exact) mass is 466 g/mol. The van der Waals surface area contributed by atoms with E-state index in [0.717, 1.165) is 16.5 Å². The number of rotatable bonds is 7. The first-order valence-electron chi connectivity index (χ1n) is 10.4. The van der Waals surface area contributed by atoms with Crippen molar-refractivity contribution in [1.29, 1.82) is 0 Å². The fourth-order valence-corrected chi connectivity index (χ4v) is 4.35. The number of thiophene rings is 1. The fourth-order valence-electron chi connectivity index (χ4n) is 3.34. The largest absolute Gasteiger partial charge is 0.506 e. The van der Waals surface area contributed by atoms with Crippen molar-refractivity contribution in [3.8, 4) is 16.2 Å². The number of hydrogen-bond donors (Lipinski definition) is 2. The molecule has 2 N–H and O–H groups in total. The van der Waals surface area contributed by atoms with E-state index in [1.54, 1.807) is 12.3 Å². The first kappa shape index (κ1) is 24.3. The van der Waals surface area contributed by atoms with E-state index in [0.29, 0.717) is 11.3 Å². The highest BCUT2D eigenvalue weighted by molar-refractivity contribution is 7.14. The Labute approximate surface area is 196 Å². The van der Waals surface area contributed by atoms with Crippen LogP contribution in [0, 0.1) is 10.1 Å². The van der Waals surface area contributed by atoms with Gasteiger partial charge in [0.1, 0.15) is 12.3 Å². The van der Waals surface area contributed by atoms with Crippen molar-refractivity contribution < 1.29 is 19.9 Å². The third-order valence-electron chi connectivity index (χ3n) is 5.40. The summed E-state index contributed by atoms with van der Waals surface area (Å²) < 4.78 is 0. The Bertz CT molecular complexity index is 1220. The van der Waals surface area contributed by atoms with E-state index in [2.05, 4.69) is 37.9 Å². The van der Waals surface area contributed by atoms with Crippen LogP contribution in [-0.2, 0) is 12.0 Å². The molecule has 3 aromatic rings. The van der Waals surface area contributed by atoms with E-state index in [1.807, 2.05) is 12.1 Å². The number of hydrogen-bond acceptors (Lipinski definition) is 7. The van der Waals surface area contributed by atoms with Gasteiger partial charge in [-0.2, -0.15) is 0 Å². The topological polar surface area (TPSA) is 113 Å². The summed E-state index contributed by atoms with van der Waals surface area (Å²) in [7, 11) is 0. The van der Waals surface area contributed by atoms with E-state index >= 15 is 0 Å². The summed E-state index contributed by atoms with van der Waals surface area (Å²) in [6.45, 7) is 7.43. The third-order valence-corrected chi connectivity index (χ3v) is 6.42. The molecule has 8 heteroatoms. The highest BCUT2D eigenvalue weighted by Gasteiger charge is 2.19. The number of nitro benzene ring substituents is 1. The van der Waals surface area contributed by atoms with Crippen LogP contribution in [0.5, 0.6) is 5.75 Å². The van der Waals surface area contributed by atoms with Crippen LogP contribution >= 0.6 is 11.3 Å². The predicted molar refractivity (Wildman–Crippen MR) is 131 cm³/mol. The number of nitro groups is 1. The van der Waals surface area contributed by atoms with Crippen molar-refractivity contribution in [2.45, 2.75) is 39.7 Å². The zero-order valence-electron chi connectivity index (χ0n) is 19.0. The van der Waals surface area contributed by atoms with Gasteiger partial charge in [-0.1, -0.05) is 51.1 Å². The van der Waals surface area contributed by atoms with Crippen molar-refractivity contribution >= 4 is 28.5 Å². The maximum atomic E-state index is 12.5. The Morgan fingerprint density at radius 1 is 1.15 bits per heavy atom. The average Bonchev–Trinajstić information content (AvgIpc) is 3.17. The van der Waals surface area contributed by atoms with Gasteiger partial charge in [0.25, 0.3) is 5.69 Å². The van der Waals surface area contributed by atoms with Crippen LogP contribution < -0.4 is 0 Å². The first-order chi connectivity index (χ1) is 15.5. The third kappa shape index (κ3) is 5.35. The minimum atomic E-state index is -0.629. The number of ketones is 1. The number of carbonyl (C=O) groups excluding carboxylic acids is 1. The molecule has 1 heterocycles. The van der Waals surface area contributed by atoms with Gasteiger partial charge in [0.2, 0.25) is 0 Å². The van der Waals surface area contributed by atoms with Crippen LogP contribution in [0.2, 0.25) is 0 Å². The first-order valence-corrected chi connectivity index (χ1v) is 11.2. The highest BCUT2D eigenvalue weighted by atomic mass is 32.1. The molecule has 0 unspecified atom stereocenters. The lowest BCUT2D eigenvalue weighted by atomic mass is 9.86. The average molecular weight is 467 g/mol. The molecule has 0 spiro atoms. The van der Waals surface area contributed by atoms with Crippen molar-refractivity contribution in [1.82, 2.24) is 0 Å². The van der Waals surface area contributed by atoms with Crippen LogP contribution in [0.3, 0.4) is 0 Å². The van der Waals surface area contributed by atoms with Gasteiger partial charge in [0.05, 0.1) is 22.0 Å². The molecule has 1 aromatic heterocycles. The number of benzene rings is 2. The maximum Gasteiger partial charge on any atom is 0.275 e. The Hall–Kier alpha value is -3.36. The lowest BCUT2D eigenvalue weighted by molar-refractivity contribution is -0.385. The molecule has 33 heavy (non-hydrogen) atoms. The molecule has 7 nitrogen and oxygen atoms in total. The lowest BCUT2D eigenvalue weighted by Gasteiger charge is -2.19. The van der Waals surface area contributed by atoms with Crippen molar-refractivity contribution in [3.63, 3.8) is 0 Å². The zero-order valence-corrected chi connectivity index (χ0v) is 19.8. The van der Waals surface area contributed by atoms with Crippen LogP contribution in [0.4, 0.5) is 5.69 Å². The van der Waals surface area contributed by atoms with Crippen LogP contribution in [-0.4, -0.2) is 33.2 Å². The van der Waals surface area contributed by atoms with E-state index in [1.165, 1.54) is 29.0 Å². The Morgan fingerprint density at radius 3 is 2.39 bits per heavy atom. The normalized spacial score (nSPS) is 12.1. The molecular formula is C25H26N2O5S. The fraction of sp³-hybridized carbons (Fsp3) is 0.280. The second kappa shape index (κ2) is 9.64. The number of aromatic hydroxyl groups is 1. The van der Waals surface area contributed by atoms with Gasteiger partial charge in [0, 0.05) is 28.3 Å². The predicted octanol–water partition coefficient (Wildman–Crippen LogP) is 5.51. The molecular weight excluding hydrogens is 440 g/mol. The summed E-state index contributed by atoms with van der Waals surface area (Å²) in [4.78, 5) is 28.1. The number of aliphatic hydroxyl groups is 1. The number of carbonyl (C=O) groups is 1. The van der Waals surface area contributed by atoms with Gasteiger partial charge in [0.15, 0.2) is 5.78 Å². The van der Waals surface area contributed by atoms with Gasteiger partial charge in [-0.3, -0.25) is 19.9 Å². The van der Waals surface area contributed by atoms with Crippen molar-refractivity contribution in [3.05, 3.63) is 80.2 Å². The maximum absolute atomic E-state index is 12.5. The zero-order chi connectivity index (χ0) is 24.3. The minimum absolute atomic E-state index is 0.0375. The SMILES string of the molecule is CC(=NCC(=O)c1ccc(CO)c([N+](=O)[O-])c1)c1csc(-c2ccc(C(C)(C)C)cc2)c1O. The number of nitrogens with zero attached hydrogens (tertiary/aromatic N) is 2. The lowest BCUT2D eigenvalue weighted by Crippen LogP contribution is -2.10. The second-order valence-electron chi connectivity index (χ2n) is 8.74. The standard InChI is InChI=1S/C25H26N2O5S/c1-15(26-12-22(29)17-5-6-18(13-28)21(11-17)27(31)32)20-14-33-24(23(20)30)16-7-9-19(10-8-16)25(2,3)4/h5-11,14,28,30H,12-13H2,1-4H3. The van der Waals surface area contributed by atoms with E-state index in [4.69, 9.17) is 0 Å². The molecule has 0 aliphatic rings. The van der Waals surface area contributed by atoms with E-state index < -0.39 is 17.3 Å². The molecule has 172 valence electrons. The Kier molecular flexibility index (Phi) is 7.09. The van der Waals surface area contributed by atoms with Crippen LogP contribution in [0.1, 0.15) is 54.7 Å². The van der Waals surface area contributed by atoms with Gasteiger partial charge in [-0.25, -0.2) is 0 Å². The summed E-state index contributed by atoms with van der Waals surface area (Å²) in [5.41, 5.74) is 3.16. The Balaban J connectivity index is 1.79.